The number of unbranched alkanes of at least 4 members (excludes halogenated alkanes) is 1. The van der Waals surface area contributed by atoms with Gasteiger partial charge >= 0.3 is 6.03 Å². The predicted molar refractivity (Wildman–Crippen MR) is 193 cm³/mol. The molecule has 0 bridgehead atoms. The third kappa shape index (κ3) is 7.14. The Morgan fingerprint density at radius 1 is 0.980 bits per heavy atom. The molecule has 3 fully saturated rings. The molecule has 3 saturated heterocycles. The van der Waals surface area contributed by atoms with Crippen LogP contribution in [0.25, 0.3) is 0 Å². The Bertz CT molecular complexity index is 1800. The highest BCUT2D eigenvalue weighted by Gasteiger charge is 2.45. The van der Waals surface area contributed by atoms with E-state index in [1.807, 2.05) is 53.2 Å². The second kappa shape index (κ2) is 14.9. The standard InChI is InChI=1S/C37H40Cl2N6O5/c1-2-3-6-34-35(46)41-36(47)45(34)33-8-5-4-7-32(33)44-19-17-43(18-20-44)27-10-12-28(13-11-27)48-22-29-23-49-37(50-29,24-42-16-15-40-25-42)30-14-9-26(38)21-31(30)39/h4-5,7-16,21,25,29,34H,2-3,6,17-20,22-24H2,1H3,(H,41,46,47). The van der Waals surface area contributed by atoms with Gasteiger partial charge in [0.2, 0.25) is 5.79 Å². The first-order valence-electron chi connectivity index (χ1n) is 17.0. The molecule has 0 radical (unpaired) electrons. The number of aromatic nitrogens is 2. The number of benzene rings is 3. The van der Waals surface area contributed by atoms with Gasteiger partial charge in [0.1, 0.15) is 24.5 Å². The number of nitrogens with zero attached hydrogens (tertiary/aromatic N) is 5. The molecule has 1 N–H and O–H groups in total. The monoisotopic (exact) mass is 718 g/mol. The number of halogens is 2. The summed E-state index contributed by atoms with van der Waals surface area (Å²) in [5.41, 5.74) is 3.54. The molecule has 0 saturated carbocycles. The summed E-state index contributed by atoms with van der Waals surface area (Å²) < 4.78 is 20.9. The van der Waals surface area contributed by atoms with E-state index in [1.54, 1.807) is 29.6 Å². The lowest BCUT2D eigenvalue weighted by molar-refractivity contribution is -0.189. The van der Waals surface area contributed by atoms with Gasteiger partial charge < -0.3 is 28.6 Å². The fourth-order valence-electron chi connectivity index (χ4n) is 6.90. The van der Waals surface area contributed by atoms with Gasteiger partial charge in [0.25, 0.3) is 5.91 Å². The van der Waals surface area contributed by atoms with Crippen LogP contribution >= 0.6 is 23.2 Å². The van der Waals surface area contributed by atoms with Gasteiger partial charge in [-0.25, -0.2) is 9.78 Å². The van der Waals surface area contributed by atoms with Gasteiger partial charge in [-0.2, -0.15) is 0 Å². The third-order valence-electron chi connectivity index (χ3n) is 9.44. The van der Waals surface area contributed by atoms with Crippen molar-refractivity contribution in [3.05, 3.63) is 101 Å². The van der Waals surface area contributed by atoms with Crippen molar-refractivity contribution in [3.8, 4) is 5.75 Å². The van der Waals surface area contributed by atoms with Crippen LogP contribution in [-0.2, 0) is 26.6 Å². The first kappa shape index (κ1) is 34.2. The van der Waals surface area contributed by atoms with E-state index in [0.717, 1.165) is 61.8 Å². The number of hydrogen-bond donors (Lipinski definition) is 1. The summed E-state index contributed by atoms with van der Waals surface area (Å²) in [7, 11) is 0. The molecule has 13 heteroatoms. The molecule has 4 heterocycles. The molecule has 3 atom stereocenters. The maximum atomic E-state index is 12.9. The minimum Gasteiger partial charge on any atom is -0.491 e. The SMILES string of the molecule is CCCCC1C(=O)NC(=O)N1c1ccccc1N1CCN(c2ccc(OCC3COC(Cn4ccnc4)(c4ccc(Cl)cc4Cl)O3)cc2)CC1. The van der Waals surface area contributed by atoms with Gasteiger partial charge in [-0.15, -0.1) is 0 Å². The highest BCUT2D eigenvalue weighted by Crippen LogP contribution is 2.41. The largest absolute Gasteiger partial charge is 0.491 e. The lowest BCUT2D eigenvalue weighted by Gasteiger charge is -2.39. The van der Waals surface area contributed by atoms with Crippen LogP contribution < -0.4 is 24.8 Å². The minimum atomic E-state index is -1.11. The Balaban J connectivity index is 0.959. The molecular weight excluding hydrogens is 679 g/mol. The Labute approximate surface area is 301 Å². The molecule has 1 aromatic heterocycles. The summed E-state index contributed by atoms with van der Waals surface area (Å²) in [6, 6.07) is 20.4. The Hall–Kier alpha value is -4.29. The summed E-state index contributed by atoms with van der Waals surface area (Å²) in [6.07, 6.45) is 7.42. The number of hydrogen-bond acceptors (Lipinski definition) is 8. The highest BCUT2D eigenvalue weighted by molar-refractivity contribution is 6.35. The van der Waals surface area contributed by atoms with Gasteiger partial charge in [-0.05, 0) is 55.0 Å². The van der Waals surface area contributed by atoms with E-state index >= 15 is 0 Å². The Morgan fingerprint density at radius 3 is 2.46 bits per heavy atom. The number of amides is 3. The number of carbonyl (C=O) groups is 2. The van der Waals surface area contributed by atoms with Crippen LogP contribution in [0, 0.1) is 0 Å². The number of rotatable bonds is 12. The lowest BCUT2D eigenvalue weighted by Crippen LogP contribution is -2.47. The van der Waals surface area contributed by atoms with Crippen molar-refractivity contribution in [2.24, 2.45) is 0 Å². The van der Waals surface area contributed by atoms with Gasteiger partial charge in [0.15, 0.2) is 0 Å². The van der Waals surface area contributed by atoms with Crippen LogP contribution in [0.2, 0.25) is 10.0 Å². The number of urea groups is 1. The van der Waals surface area contributed by atoms with Crippen molar-refractivity contribution in [1.82, 2.24) is 14.9 Å². The van der Waals surface area contributed by atoms with Crippen LogP contribution in [0.1, 0.15) is 31.7 Å². The quantitative estimate of drug-likeness (QED) is 0.166. The molecule has 3 amide bonds. The summed E-state index contributed by atoms with van der Waals surface area (Å²) >= 11 is 12.8. The third-order valence-corrected chi connectivity index (χ3v) is 9.99. The number of nitrogens with one attached hydrogen (secondary N) is 1. The van der Waals surface area contributed by atoms with Crippen molar-refractivity contribution in [3.63, 3.8) is 0 Å². The van der Waals surface area contributed by atoms with Crippen LogP contribution in [0.5, 0.6) is 5.75 Å². The zero-order valence-corrected chi connectivity index (χ0v) is 29.4. The molecule has 262 valence electrons. The average Bonchev–Trinajstić information content (AvgIpc) is 3.86. The van der Waals surface area contributed by atoms with E-state index < -0.39 is 11.8 Å². The van der Waals surface area contributed by atoms with E-state index in [9.17, 15) is 9.59 Å². The molecule has 7 rings (SSSR count). The minimum absolute atomic E-state index is 0.221. The maximum Gasteiger partial charge on any atom is 0.329 e. The molecular formula is C37H40Cl2N6O5. The summed E-state index contributed by atoms with van der Waals surface area (Å²) in [5.74, 6) is -0.600. The zero-order chi connectivity index (χ0) is 34.7. The van der Waals surface area contributed by atoms with Crippen LogP contribution in [-0.4, -0.2) is 73.0 Å². The molecule has 50 heavy (non-hydrogen) atoms. The number of imidazole rings is 1. The summed E-state index contributed by atoms with van der Waals surface area (Å²) in [4.78, 5) is 35.9. The topological polar surface area (TPSA) is 101 Å². The first-order chi connectivity index (χ1) is 24.3. The van der Waals surface area contributed by atoms with E-state index in [-0.39, 0.29) is 18.0 Å². The van der Waals surface area contributed by atoms with E-state index in [0.29, 0.717) is 41.8 Å². The first-order valence-corrected chi connectivity index (χ1v) is 17.8. The number of anilines is 3. The van der Waals surface area contributed by atoms with Crippen LogP contribution in [0.15, 0.2) is 85.5 Å². The number of imide groups is 1. The van der Waals surface area contributed by atoms with Crippen LogP contribution in [0.4, 0.5) is 21.9 Å². The Kier molecular flexibility index (Phi) is 10.2. The fourth-order valence-corrected chi connectivity index (χ4v) is 7.45. The Morgan fingerprint density at radius 2 is 1.74 bits per heavy atom. The van der Waals surface area contributed by atoms with Crippen molar-refractivity contribution in [2.45, 2.75) is 50.7 Å². The fraction of sp³-hybridized carbons (Fsp3) is 0.378. The average molecular weight is 720 g/mol. The van der Waals surface area contributed by atoms with Gasteiger partial charge in [-0.3, -0.25) is 15.0 Å². The molecule has 3 unspecified atom stereocenters. The molecule has 0 aliphatic carbocycles. The zero-order valence-electron chi connectivity index (χ0n) is 27.8. The molecule has 3 aliphatic rings. The van der Waals surface area contributed by atoms with E-state index in [2.05, 4.69) is 39.2 Å². The maximum absolute atomic E-state index is 12.9. The van der Waals surface area contributed by atoms with Crippen molar-refractivity contribution < 1.29 is 23.8 Å². The summed E-state index contributed by atoms with van der Waals surface area (Å²) in [5, 5.41) is 3.52. The molecule has 11 nitrogen and oxygen atoms in total. The van der Waals surface area contributed by atoms with Gasteiger partial charge in [0.05, 0.1) is 35.9 Å². The van der Waals surface area contributed by atoms with Crippen molar-refractivity contribution in [2.75, 3.05) is 54.1 Å². The van der Waals surface area contributed by atoms with E-state index in [1.165, 1.54) is 0 Å². The highest BCUT2D eigenvalue weighted by atomic mass is 35.5. The van der Waals surface area contributed by atoms with Gasteiger partial charge in [-0.1, -0.05) is 61.2 Å². The number of carbonyl (C=O) groups excluding carboxylic acids is 2. The molecule has 3 aromatic carbocycles. The van der Waals surface area contributed by atoms with Crippen LogP contribution in [0.3, 0.4) is 0 Å². The lowest BCUT2D eigenvalue weighted by atomic mass is 10.1. The molecule has 4 aromatic rings. The van der Waals surface area contributed by atoms with Crippen molar-refractivity contribution in [1.29, 1.82) is 0 Å². The second-order valence-electron chi connectivity index (χ2n) is 12.8. The smallest absolute Gasteiger partial charge is 0.329 e. The molecule has 3 aliphatic heterocycles. The van der Waals surface area contributed by atoms with E-state index in [4.69, 9.17) is 37.4 Å². The number of piperazine rings is 1. The van der Waals surface area contributed by atoms with Gasteiger partial charge in [0, 0.05) is 54.8 Å². The number of para-hydroxylation sites is 2. The summed E-state index contributed by atoms with van der Waals surface area (Å²) in [6.45, 7) is 6.24. The number of ether oxygens (including phenoxy) is 3. The predicted octanol–water partition coefficient (Wildman–Crippen LogP) is 6.48. The molecule has 0 spiro atoms. The normalized spacial score (nSPS) is 22.3. The second-order valence-corrected chi connectivity index (χ2v) is 13.6. The van der Waals surface area contributed by atoms with Crippen molar-refractivity contribution >= 4 is 52.2 Å².